The molecule has 4 aromatic carbocycles. The number of carbonyl (C=O) groups excluding carboxylic acids is 1. The van der Waals surface area contributed by atoms with Gasteiger partial charge in [-0.3, -0.25) is 0 Å². The number of nitriles is 1. The van der Waals surface area contributed by atoms with E-state index in [1.54, 1.807) is 19.2 Å². The molecule has 0 aromatic heterocycles. The molecule has 1 atom stereocenters. The molecule has 4 aromatic rings. The molecule has 0 bridgehead atoms. The molecule has 0 spiro atoms. The number of esters is 1. The third-order valence-electron chi connectivity index (χ3n) is 6.69. The second-order valence-electron chi connectivity index (χ2n) is 8.93. The molecule has 1 unspecified atom stereocenters. The Bertz CT molecular complexity index is 1550. The minimum Gasteiger partial charge on any atom is -0.496 e. The second kappa shape index (κ2) is 9.59. The summed E-state index contributed by atoms with van der Waals surface area (Å²) in [5.41, 5.74) is 6.52. The van der Waals surface area contributed by atoms with Crippen LogP contribution in [0.3, 0.4) is 0 Å². The molecule has 5 heteroatoms. The minimum absolute atomic E-state index is 0.176. The lowest BCUT2D eigenvalue weighted by Crippen LogP contribution is -2.25. The average molecular weight is 475 g/mol. The largest absolute Gasteiger partial charge is 0.496 e. The summed E-state index contributed by atoms with van der Waals surface area (Å²) in [5.74, 6) is -0.285. The molecule has 178 valence electrons. The Kier molecular flexibility index (Phi) is 6.18. The van der Waals surface area contributed by atoms with E-state index in [1.807, 2.05) is 55.5 Å². The highest BCUT2D eigenvalue weighted by Crippen LogP contribution is 2.49. The van der Waals surface area contributed by atoms with E-state index < -0.39 is 11.9 Å². The summed E-state index contributed by atoms with van der Waals surface area (Å²) in [4.78, 5) is 13.7. The number of fused-ring (bicyclic) bond motifs is 3. The van der Waals surface area contributed by atoms with E-state index in [4.69, 9.17) is 9.47 Å². The molecule has 0 saturated carbocycles. The summed E-state index contributed by atoms with van der Waals surface area (Å²) in [7, 11) is 1.58. The van der Waals surface area contributed by atoms with Gasteiger partial charge >= 0.3 is 5.97 Å². The summed E-state index contributed by atoms with van der Waals surface area (Å²) in [5, 5.41) is 15.1. The zero-order chi connectivity index (χ0) is 25.2. The number of nitrogens with zero attached hydrogens (tertiary/aromatic N) is 1. The quantitative estimate of drug-likeness (QED) is 0.330. The molecule has 0 amide bonds. The predicted molar refractivity (Wildman–Crippen MR) is 141 cm³/mol. The van der Waals surface area contributed by atoms with E-state index in [-0.39, 0.29) is 6.61 Å². The van der Waals surface area contributed by atoms with Crippen molar-refractivity contribution in [1.82, 2.24) is 0 Å². The Balaban J connectivity index is 1.71. The Morgan fingerprint density at radius 2 is 1.75 bits per heavy atom. The van der Waals surface area contributed by atoms with E-state index >= 15 is 0 Å². The predicted octanol–water partition coefficient (Wildman–Crippen LogP) is 6.60. The molecule has 1 N–H and O–H groups in total. The molecule has 1 heterocycles. The summed E-state index contributed by atoms with van der Waals surface area (Å²) in [6.45, 7) is 4.15. The van der Waals surface area contributed by atoms with Gasteiger partial charge in [0, 0.05) is 22.9 Å². The Morgan fingerprint density at radius 3 is 2.50 bits per heavy atom. The maximum Gasteiger partial charge on any atom is 0.337 e. The first-order valence-electron chi connectivity index (χ1n) is 11.8. The van der Waals surface area contributed by atoms with Crippen molar-refractivity contribution in [3.05, 3.63) is 118 Å². The van der Waals surface area contributed by atoms with Gasteiger partial charge in [0.2, 0.25) is 0 Å². The van der Waals surface area contributed by atoms with Crippen molar-refractivity contribution >= 4 is 22.4 Å². The van der Waals surface area contributed by atoms with E-state index in [1.165, 1.54) is 0 Å². The van der Waals surface area contributed by atoms with Crippen molar-refractivity contribution in [3.63, 3.8) is 0 Å². The van der Waals surface area contributed by atoms with Crippen LogP contribution < -0.4 is 10.1 Å². The summed E-state index contributed by atoms with van der Waals surface area (Å²) < 4.78 is 11.6. The lowest BCUT2D eigenvalue weighted by Gasteiger charge is -2.33. The Labute approximate surface area is 210 Å². The number of benzene rings is 4. The van der Waals surface area contributed by atoms with Gasteiger partial charge in [0.25, 0.3) is 0 Å². The molecule has 0 aliphatic carbocycles. The van der Waals surface area contributed by atoms with Gasteiger partial charge in [-0.1, -0.05) is 60.7 Å². The standard InChI is InChI=1S/C31H26N2O3/c1-19-15-23-11-7-8-12-24(23)29-28(25-14-13-22(17-32)16-26(25)35-3)27(20(2)33-30(19)29)31(34)36-18-21-9-5-4-6-10-21/h4-16,28,33H,18H2,1-3H3. The van der Waals surface area contributed by atoms with Gasteiger partial charge in [0.05, 0.1) is 24.3 Å². The van der Waals surface area contributed by atoms with Gasteiger partial charge in [-0.05, 0) is 59.5 Å². The highest BCUT2D eigenvalue weighted by molar-refractivity contribution is 6.01. The lowest BCUT2D eigenvalue weighted by molar-refractivity contribution is -0.140. The zero-order valence-electron chi connectivity index (χ0n) is 20.5. The Hall–Kier alpha value is -4.56. The van der Waals surface area contributed by atoms with Gasteiger partial charge in [-0.25, -0.2) is 4.79 Å². The van der Waals surface area contributed by atoms with E-state index in [9.17, 15) is 10.1 Å². The third kappa shape index (κ3) is 4.08. The summed E-state index contributed by atoms with van der Waals surface area (Å²) in [6, 6.07) is 27.5. The molecule has 36 heavy (non-hydrogen) atoms. The topological polar surface area (TPSA) is 71.3 Å². The first-order valence-corrected chi connectivity index (χ1v) is 11.8. The molecule has 0 radical (unpaired) electrons. The number of allylic oxidation sites excluding steroid dienone is 1. The molecule has 0 fully saturated rings. The lowest BCUT2D eigenvalue weighted by atomic mass is 9.77. The van der Waals surface area contributed by atoms with E-state index in [2.05, 4.69) is 36.5 Å². The molecular weight excluding hydrogens is 448 g/mol. The number of hydrogen-bond donors (Lipinski definition) is 1. The molecule has 5 nitrogen and oxygen atoms in total. The van der Waals surface area contributed by atoms with Crippen molar-refractivity contribution in [2.24, 2.45) is 0 Å². The van der Waals surface area contributed by atoms with Gasteiger partial charge in [-0.15, -0.1) is 0 Å². The average Bonchev–Trinajstić information content (AvgIpc) is 2.91. The number of carbonyl (C=O) groups is 1. The molecule has 0 saturated heterocycles. The maximum atomic E-state index is 13.7. The van der Waals surface area contributed by atoms with Crippen LogP contribution in [0, 0.1) is 18.3 Å². The summed E-state index contributed by atoms with van der Waals surface area (Å²) >= 11 is 0. The number of hydrogen-bond acceptors (Lipinski definition) is 5. The van der Waals surface area contributed by atoms with E-state index in [0.717, 1.165) is 44.4 Å². The van der Waals surface area contributed by atoms with E-state index in [0.29, 0.717) is 16.9 Å². The minimum atomic E-state index is -0.447. The highest BCUT2D eigenvalue weighted by atomic mass is 16.5. The van der Waals surface area contributed by atoms with Gasteiger partial charge in [0.1, 0.15) is 12.4 Å². The van der Waals surface area contributed by atoms with Crippen LogP contribution in [0.15, 0.2) is 90.1 Å². The number of rotatable bonds is 5. The molecule has 5 rings (SSSR count). The van der Waals surface area contributed by atoms with Crippen molar-refractivity contribution in [1.29, 1.82) is 5.26 Å². The van der Waals surface area contributed by atoms with Crippen molar-refractivity contribution in [2.45, 2.75) is 26.4 Å². The van der Waals surface area contributed by atoms with Crippen LogP contribution in [0.5, 0.6) is 5.75 Å². The van der Waals surface area contributed by atoms with Crippen molar-refractivity contribution in [2.75, 3.05) is 12.4 Å². The number of aryl methyl sites for hydroxylation is 1. The Morgan fingerprint density at radius 1 is 1.00 bits per heavy atom. The molecular formula is C31H26N2O3. The first kappa shape index (κ1) is 23.2. The number of ether oxygens (including phenoxy) is 2. The summed E-state index contributed by atoms with van der Waals surface area (Å²) in [6.07, 6.45) is 0. The van der Waals surface area contributed by atoms with Gasteiger partial charge in [-0.2, -0.15) is 5.26 Å². The van der Waals surface area contributed by atoms with Gasteiger partial charge < -0.3 is 14.8 Å². The monoisotopic (exact) mass is 474 g/mol. The van der Waals surface area contributed by atoms with Crippen molar-refractivity contribution < 1.29 is 14.3 Å². The first-order chi connectivity index (χ1) is 17.5. The van der Waals surface area contributed by atoms with Crippen LogP contribution in [-0.2, 0) is 16.1 Å². The van der Waals surface area contributed by atoms with Crippen LogP contribution in [-0.4, -0.2) is 13.1 Å². The van der Waals surface area contributed by atoms with Crippen LogP contribution >= 0.6 is 0 Å². The van der Waals surface area contributed by atoms with Gasteiger partial charge in [0.15, 0.2) is 0 Å². The number of nitrogens with one attached hydrogen (secondary N) is 1. The molecule has 1 aliphatic heterocycles. The zero-order valence-corrected chi connectivity index (χ0v) is 20.5. The number of anilines is 1. The fraction of sp³-hybridized carbons (Fsp3) is 0.161. The maximum absolute atomic E-state index is 13.7. The molecule has 1 aliphatic rings. The van der Waals surface area contributed by atoms with Crippen LogP contribution in [0.4, 0.5) is 5.69 Å². The normalized spacial score (nSPS) is 14.6. The highest BCUT2D eigenvalue weighted by Gasteiger charge is 2.37. The van der Waals surface area contributed by atoms with Crippen LogP contribution in [0.1, 0.15) is 40.7 Å². The second-order valence-corrected chi connectivity index (χ2v) is 8.93. The fourth-order valence-corrected chi connectivity index (χ4v) is 5.00. The SMILES string of the molecule is COc1cc(C#N)ccc1C1C(C(=O)OCc2ccccc2)=C(C)Nc2c(C)cc3ccccc3c21. The number of methoxy groups -OCH3 is 1. The van der Waals surface area contributed by atoms with Crippen LogP contribution in [0.25, 0.3) is 10.8 Å². The third-order valence-corrected chi connectivity index (χ3v) is 6.69. The van der Waals surface area contributed by atoms with Crippen molar-refractivity contribution in [3.8, 4) is 11.8 Å². The smallest absolute Gasteiger partial charge is 0.337 e. The van der Waals surface area contributed by atoms with Crippen LogP contribution in [0.2, 0.25) is 0 Å². The fourth-order valence-electron chi connectivity index (χ4n) is 5.00.